The minimum atomic E-state index is -0.904. The Morgan fingerprint density at radius 2 is 2.13 bits per heavy atom. The monoisotopic (exact) mass is 211 g/mol. The van der Waals surface area contributed by atoms with Crippen LogP contribution in [0.3, 0.4) is 0 Å². The van der Waals surface area contributed by atoms with E-state index in [4.69, 9.17) is 10.8 Å². The van der Waals surface area contributed by atoms with Gasteiger partial charge < -0.3 is 10.8 Å². The average Bonchev–Trinajstić information content (AvgIpc) is 2.64. The zero-order valence-corrected chi connectivity index (χ0v) is 8.54. The normalized spacial score (nSPS) is 14.5. The van der Waals surface area contributed by atoms with Gasteiger partial charge in [0.15, 0.2) is 0 Å². The Hall–Kier alpha value is -1.85. The molecular formula is C9H13N3O3. The van der Waals surface area contributed by atoms with E-state index in [0.717, 1.165) is 0 Å². The number of aliphatic carboxylic acids is 1. The van der Waals surface area contributed by atoms with Crippen molar-refractivity contribution in [2.75, 3.05) is 0 Å². The Morgan fingerprint density at radius 3 is 2.53 bits per heavy atom. The van der Waals surface area contributed by atoms with Crippen molar-refractivity contribution in [2.45, 2.75) is 19.9 Å². The number of amides is 1. The first-order chi connectivity index (χ1) is 6.93. The van der Waals surface area contributed by atoms with Crippen molar-refractivity contribution in [3.63, 3.8) is 0 Å². The molecule has 1 aromatic heterocycles. The van der Waals surface area contributed by atoms with Gasteiger partial charge in [-0.3, -0.25) is 14.3 Å². The summed E-state index contributed by atoms with van der Waals surface area (Å²) in [6.45, 7) is 3.30. The van der Waals surface area contributed by atoms with Gasteiger partial charge in [-0.2, -0.15) is 5.10 Å². The number of carboxylic acids is 1. The standard InChI is InChI=1S/C9H13N3O3/c1-5(9(14)15)6(2)12-4-3-7(11-12)8(10)13/h3-6H,1-2H3,(H2,10,13)(H,14,15). The second-order valence-electron chi connectivity index (χ2n) is 3.41. The molecule has 2 unspecified atom stereocenters. The zero-order chi connectivity index (χ0) is 11.6. The van der Waals surface area contributed by atoms with E-state index in [9.17, 15) is 9.59 Å². The number of primary amides is 1. The highest BCUT2D eigenvalue weighted by molar-refractivity contribution is 5.90. The maximum Gasteiger partial charge on any atom is 0.308 e. The highest BCUT2D eigenvalue weighted by atomic mass is 16.4. The lowest BCUT2D eigenvalue weighted by Gasteiger charge is -2.16. The van der Waals surface area contributed by atoms with Gasteiger partial charge in [0.1, 0.15) is 5.69 Å². The number of nitrogens with zero attached hydrogens (tertiary/aromatic N) is 2. The molecule has 15 heavy (non-hydrogen) atoms. The average molecular weight is 211 g/mol. The van der Waals surface area contributed by atoms with Crippen LogP contribution in [0.2, 0.25) is 0 Å². The molecule has 0 radical (unpaired) electrons. The van der Waals surface area contributed by atoms with Gasteiger partial charge in [0, 0.05) is 6.20 Å². The van der Waals surface area contributed by atoms with Crippen LogP contribution in [0.1, 0.15) is 30.4 Å². The molecule has 0 aliphatic carbocycles. The third-order valence-corrected chi connectivity index (χ3v) is 2.39. The largest absolute Gasteiger partial charge is 0.481 e. The quantitative estimate of drug-likeness (QED) is 0.746. The van der Waals surface area contributed by atoms with Crippen LogP contribution in [0.4, 0.5) is 0 Å². The number of hydrogen-bond donors (Lipinski definition) is 2. The summed E-state index contributed by atoms with van der Waals surface area (Å²) in [5.74, 6) is -2.10. The van der Waals surface area contributed by atoms with Gasteiger partial charge in [-0.1, -0.05) is 0 Å². The molecule has 0 fully saturated rings. The third kappa shape index (κ3) is 2.34. The molecule has 6 nitrogen and oxygen atoms in total. The second kappa shape index (κ2) is 4.12. The van der Waals surface area contributed by atoms with Crippen molar-refractivity contribution >= 4 is 11.9 Å². The molecular weight excluding hydrogens is 198 g/mol. The molecule has 2 atom stereocenters. The Labute approximate surface area is 86.7 Å². The number of rotatable bonds is 4. The Morgan fingerprint density at radius 1 is 1.53 bits per heavy atom. The van der Waals surface area contributed by atoms with Crippen molar-refractivity contribution in [3.8, 4) is 0 Å². The van der Waals surface area contributed by atoms with Crippen molar-refractivity contribution < 1.29 is 14.7 Å². The number of aromatic nitrogens is 2. The van der Waals surface area contributed by atoms with Gasteiger partial charge >= 0.3 is 5.97 Å². The Kier molecular flexibility index (Phi) is 3.08. The fourth-order valence-electron chi connectivity index (χ4n) is 1.13. The molecule has 0 aliphatic rings. The van der Waals surface area contributed by atoms with Crippen LogP contribution in [0.15, 0.2) is 12.3 Å². The van der Waals surface area contributed by atoms with Gasteiger partial charge in [-0.15, -0.1) is 0 Å². The van der Waals surface area contributed by atoms with Crippen LogP contribution in [0, 0.1) is 5.92 Å². The molecule has 1 heterocycles. The van der Waals surface area contributed by atoms with Gasteiger partial charge in [0.2, 0.25) is 0 Å². The molecule has 6 heteroatoms. The first kappa shape index (κ1) is 11.2. The van der Waals surface area contributed by atoms with Crippen LogP contribution in [0.5, 0.6) is 0 Å². The molecule has 1 aromatic rings. The molecule has 0 saturated carbocycles. The predicted octanol–water partition coefficient (Wildman–Crippen LogP) is 0.264. The predicted molar refractivity (Wildman–Crippen MR) is 52.3 cm³/mol. The van der Waals surface area contributed by atoms with Gasteiger partial charge in [-0.25, -0.2) is 0 Å². The third-order valence-electron chi connectivity index (χ3n) is 2.39. The number of carbonyl (C=O) groups excluding carboxylic acids is 1. The molecule has 3 N–H and O–H groups in total. The Balaban J connectivity index is 2.87. The molecule has 0 saturated heterocycles. The van der Waals surface area contributed by atoms with Crippen molar-refractivity contribution in [2.24, 2.45) is 11.7 Å². The fourth-order valence-corrected chi connectivity index (χ4v) is 1.13. The Bertz CT molecular complexity index is 386. The van der Waals surface area contributed by atoms with E-state index in [2.05, 4.69) is 5.10 Å². The molecule has 1 rings (SSSR count). The SMILES string of the molecule is CC(C(=O)O)C(C)n1ccc(C(N)=O)n1. The second-order valence-corrected chi connectivity index (χ2v) is 3.41. The summed E-state index contributed by atoms with van der Waals surface area (Å²) >= 11 is 0. The van der Waals surface area contributed by atoms with Gasteiger partial charge in [0.05, 0.1) is 12.0 Å². The summed E-state index contributed by atoms with van der Waals surface area (Å²) in [5, 5.41) is 12.7. The zero-order valence-electron chi connectivity index (χ0n) is 8.54. The van der Waals surface area contributed by atoms with E-state index >= 15 is 0 Å². The van der Waals surface area contributed by atoms with Crippen LogP contribution >= 0.6 is 0 Å². The van der Waals surface area contributed by atoms with Crippen LogP contribution in [-0.4, -0.2) is 26.8 Å². The number of carbonyl (C=O) groups is 2. The molecule has 82 valence electrons. The lowest BCUT2D eigenvalue weighted by Crippen LogP contribution is -2.22. The molecule has 0 spiro atoms. The summed E-state index contributed by atoms with van der Waals surface area (Å²) < 4.78 is 1.43. The summed E-state index contributed by atoms with van der Waals surface area (Å²) in [5.41, 5.74) is 5.17. The highest BCUT2D eigenvalue weighted by Gasteiger charge is 2.21. The first-order valence-electron chi connectivity index (χ1n) is 4.51. The molecule has 0 aromatic carbocycles. The van der Waals surface area contributed by atoms with E-state index in [-0.39, 0.29) is 11.7 Å². The van der Waals surface area contributed by atoms with E-state index in [0.29, 0.717) is 0 Å². The molecule has 0 aliphatic heterocycles. The van der Waals surface area contributed by atoms with Crippen LogP contribution < -0.4 is 5.73 Å². The smallest absolute Gasteiger partial charge is 0.308 e. The number of carboxylic acid groups (broad SMARTS) is 1. The lowest BCUT2D eigenvalue weighted by molar-refractivity contribution is -0.142. The first-order valence-corrected chi connectivity index (χ1v) is 4.51. The number of nitrogens with two attached hydrogens (primary N) is 1. The van der Waals surface area contributed by atoms with Crippen LogP contribution in [-0.2, 0) is 4.79 Å². The van der Waals surface area contributed by atoms with Gasteiger partial charge in [0.25, 0.3) is 5.91 Å². The van der Waals surface area contributed by atoms with E-state index < -0.39 is 17.8 Å². The number of hydrogen-bond acceptors (Lipinski definition) is 3. The van der Waals surface area contributed by atoms with Gasteiger partial charge in [-0.05, 0) is 19.9 Å². The molecule has 0 bridgehead atoms. The summed E-state index contributed by atoms with van der Waals surface area (Å²) in [4.78, 5) is 21.5. The lowest BCUT2D eigenvalue weighted by atomic mass is 10.1. The van der Waals surface area contributed by atoms with E-state index in [1.807, 2.05) is 0 Å². The van der Waals surface area contributed by atoms with Crippen molar-refractivity contribution in [3.05, 3.63) is 18.0 Å². The summed E-state index contributed by atoms with van der Waals surface area (Å²) in [7, 11) is 0. The van der Waals surface area contributed by atoms with Crippen molar-refractivity contribution in [1.29, 1.82) is 0 Å². The molecule has 1 amide bonds. The van der Waals surface area contributed by atoms with Crippen molar-refractivity contribution in [1.82, 2.24) is 9.78 Å². The van der Waals surface area contributed by atoms with E-state index in [1.165, 1.54) is 10.7 Å². The minimum Gasteiger partial charge on any atom is -0.481 e. The van der Waals surface area contributed by atoms with Crippen LogP contribution in [0.25, 0.3) is 0 Å². The maximum atomic E-state index is 10.8. The maximum absolute atomic E-state index is 10.8. The van der Waals surface area contributed by atoms with E-state index in [1.54, 1.807) is 20.0 Å². The topological polar surface area (TPSA) is 98.2 Å². The summed E-state index contributed by atoms with van der Waals surface area (Å²) in [6.07, 6.45) is 1.55. The summed E-state index contributed by atoms with van der Waals surface area (Å²) in [6, 6.07) is 1.14. The highest BCUT2D eigenvalue weighted by Crippen LogP contribution is 2.16. The fraction of sp³-hybridized carbons (Fsp3) is 0.444. The minimum absolute atomic E-state index is 0.138.